The van der Waals surface area contributed by atoms with E-state index in [0.29, 0.717) is 16.5 Å². The lowest BCUT2D eigenvalue weighted by atomic mass is 9.98. The molecular formula is C24H19BrCl2N2O2. The minimum absolute atomic E-state index is 0.253. The zero-order valence-electron chi connectivity index (χ0n) is 16.6. The number of benzene rings is 3. The molecule has 2 atom stereocenters. The zero-order valence-corrected chi connectivity index (χ0v) is 19.7. The summed E-state index contributed by atoms with van der Waals surface area (Å²) in [6.45, 7) is 0. The van der Waals surface area contributed by atoms with Crippen LogP contribution in [0.4, 0.5) is 0 Å². The molecule has 4 rings (SSSR count). The number of hydrogen-bond acceptors (Lipinski definition) is 3. The largest absolute Gasteiger partial charge is 0.367 e. The van der Waals surface area contributed by atoms with E-state index in [1.54, 1.807) is 12.1 Å². The number of amides is 1. The van der Waals surface area contributed by atoms with E-state index in [4.69, 9.17) is 33.0 Å². The number of ether oxygens (including phenoxy) is 1. The monoisotopic (exact) mass is 516 g/mol. The predicted molar refractivity (Wildman–Crippen MR) is 128 cm³/mol. The van der Waals surface area contributed by atoms with Crippen molar-refractivity contribution in [1.82, 2.24) is 5.01 Å². The standard InChI is InChI=1S/C24H19BrCl2N2O2/c1-31-23(16-5-3-2-4-6-16)24(30)29-22(19-12-11-18(26)13-20(19)27)14-21(28-29)15-7-9-17(25)10-8-15/h2-13,22-23H,14H2,1H3. The van der Waals surface area contributed by atoms with Crippen LogP contribution in [0.3, 0.4) is 0 Å². The molecule has 7 heteroatoms. The molecule has 31 heavy (non-hydrogen) atoms. The van der Waals surface area contributed by atoms with E-state index < -0.39 is 6.10 Å². The molecule has 0 saturated heterocycles. The molecule has 3 aromatic rings. The van der Waals surface area contributed by atoms with E-state index in [0.717, 1.165) is 26.9 Å². The van der Waals surface area contributed by atoms with Crippen molar-refractivity contribution >= 4 is 50.8 Å². The summed E-state index contributed by atoms with van der Waals surface area (Å²) in [4.78, 5) is 13.6. The molecule has 0 fully saturated rings. The topological polar surface area (TPSA) is 41.9 Å². The lowest BCUT2D eigenvalue weighted by Gasteiger charge is -2.26. The van der Waals surface area contributed by atoms with Crippen LogP contribution in [-0.2, 0) is 9.53 Å². The number of halogens is 3. The molecule has 3 aromatic carbocycles. The Balaban J connectivity index is 1.75. The van der Waals surface area contributed by atoms with Gasteiger partial charge in [0.05, 0.1) is 11.8 Å². The highest BCUT2D eigenvalue weighted by atomic mass is 79.9. The summed E-state index contributed by atoms with van der Waals surface area (Å²) in [5.41, 5.74) is 3.31. The highest BCUT2D eigenvalue weighted by Gasteiger charge is 2.38. The van der Waals surface area contributed by atoms with Crippen LogP contribution in [0.5, 0.6) is 0 Å². The molecule has 0 radical (unpaired) electrons. The normalized spacial score (nSPS) is 16.8. The van der Waals surface area contributed by atoms with Crippen molar-refractivity contribution in [3.63, 3.8) is 0 Å². The van der Waals surface area contributed by atoms with Crippen molar-refractivity contribution in [3.05, 3.63) is 104 Å². The molecule has 0 aliphatic carbocycles. The van der Waals surface area contributed by atoms with Crippen LogP contribution >= 0.6 is 39.1 Å². The van der Waals surface area contributed by atoms with Gasteiger partial charge in [0.15, 0.2) is 6.10 Å². The molecule has 2 unspecified atom stereocenters. The lowest BCUT2D eigenvalue weighted by molar-refractivity contribution is -0.144. The highest BCUT2D eigenvalue weighted by Crippen LogP contribution is 2.39. The average Bonchev–Trinajstić information content (AvgIpc) is 3.20. The van der Waals surface area contributed by atoms with Gasteiger partial charge in [-0.05, 0) is 41.0 Å². The number of methoxy groups -OCH3 is 1. The summed E-state index contributed by atoms with van der Waals surface area (Å²) >= 11 is 16.1. The van der Waals surface area contributed by atoms with Gasteiger partial charge in [-0.3, -0.25) is 4.79 Å². The van der Waals surface area contributed by atoms with Gasteiger partial charge in [0, 0.05) is 28.0 Å². The first-order valence-corrected chi connectivity index (χ1v) is 11.2. The van der Waals surface area contributed by atoms with Gasteiger partial charge in [0.2, 0.25) is 0 Å². The van der Waals surface area contributed by atoms with Crippen LogP contribution < -0.4 is 0 Å². The number of hydrazone groups is 1. The maximum absolute atomic E-state index is 13.6. The molecule has 4 nitrogen and oxygen atoms in total. The van der Waals surface area contributed by atoms with Gasteiger partial charge in [0.25, 0.3) is 5.91 Å². The van der Waals surface area contributed by atoms with E-state index in [9.17, 15) is 4.79 Å². The Morgan fingerprint density at radius 1 is 1.10 bits per heavy atom. The van der Waals surface area contributed by atoms with E-state index >= 15 is 0 Å². The molecule has 1 aliphatic heterocycles. The molecule has 0 saturated carbocycles. The van der Waals surface area contributed by atoms with E-state index in [1.807, 2.05) is 60.7 Å². The predicted octanol–water partition coefficient (Wildman–Crippen LogP) is 6.82. The van der Waals surface area contributed by atoms with E-state index in [-0.39, 0.29) is 11.9 Å². The maximum Gasteiger partial charge on any atom is 0.276 e. The van der Waals surface area contributed by atoms with Crippen molar-refractivity contribution in [1.29, 1.82) is 0 Å². The number of hydrogen-bond donors (Lipinski definition) is 0. The fourth-order valence-corrected chi connectivity index (χ4v) is 4.47. The van der Waals surface area contributed by atoms with Crippen LogP contribution in [-0.4, -0.2) is 23.7 Å². The van der Waals surface area contributed by atoms with E-state index in [1.165, 1.54) is 12.1 Å². The third-order valence-corrected chi connectivity index (χ3v) is 6.29. The Kier molecular flexibility index (Phi) is 6.77. The van der Waals surface area contributed by atoms with Gasteiger partial charge in [-0.1, -0.05) is 87.7 Å². The summed E-state index contributed by atoms with van der Waals surface area (Å²) in [7, 11) is 1.52. The molecule has 1 aliphatic rings. The number of carbonyl (C=O) groups excluding carboxylic acids is 1. The summed E-state index contributed by atoms with van der Waals surface area (Å²) in [6.07, 6.45) is -0.247. The fourth-order valence-electron chi connectivity index (χ4n) is 3.67. The van der Waals surface area contributed by atoms with Crippen LogP contribution in [0.1, 0.15) is 35.3 Å². The molecule has 1 heterocycles. The Hall–Kier alpha value is -2.18. The first-order valence-electron chi connectivity index (χ1n) is 9.67. The maximum atomic E-state index is 13.6. The molecule has 158 valence electrons. The average molecular weight is 518 g/mol. The van der Waals surface area contributed by atoms with Crippen molar-refractivity contribution in [2.45, 2.75) is 18.6 Å². The van der Waals surface area contributed by atoms with Gasteiger partial charge < -0.3 is 4.74 Å². The third kappa shape index (κ3) is 4.70. The van der Waals surface area contributed by atoms with Crippen LogP contribution in [0.25, 0.3) is 0 Å². The van der Waals surface area contributed by atoms with E-state index in [2.05, 4.69) is 15.9 Å². The molecule has 0 spiro atoms. The summed E-state index contributed by atoms with van der Waals surface area (Å²) in [6, 6.07) is 22.2. The second-order valence-corrected chi connectivity index (χ2v) is 8.91. The minimum atomic E-state index is -0.775. The fraction of sp³-hybridized carbons (Fsp3) is 0.167. The third-order valence-electron chi connectivity index (χ3n) is 5.20. The number of carbonyl (C=O) groups is 1. The molecule has 0 N–H and O–H groups in total. The Labute approximate surface area is 199 Å². The lowest BCUT2D eigenvalue weighted by Crippen LogP contribution is -2.32. The number of nitrogens with zero attached hydrogens (tertiary/aromatic N) is 2. The smallest absolute Gasteiger partial charge is 0.276 e. The quantitative estimate of drug-likeness (QED) is 0.372. The Bertz CT molecular complexity index is 1120. The minimum Gasteiger partial charge on any atom is -0.367 e. The SMILES string of the molecule is COC(C(=O)N1N=C(c2ccc(Br)cc2)CC1c1ccc(Cl)cc1Cl)c1ccccc1. The number of rotatable bonds is 5. The van der Waals surface area contributed by atoms with Crippen LogP contribution in [0, 0.1) is 0 Å². The van der Waals surface area contributed by atoms with Gasteiger partial charge >= 0.3 is 0 Å². The summed E-state index contributed by atoms with van der Waals surface area (Å²) < 4.78 is 6.56. The van der Waals surface area contributed by atoms with Gasteiger partial charge in [0.1, 0.15) is 0 Å². The zero-order chi connectivity index (χ0) is 22.0. The summed E-state index contributed by atoms with van der Waals surface area (Å²) in [5, 5.41) is 7.25. The van der Waals surface area contributed by atoms with Crippen LogP contribution in [0.2, 0.25) is 10.0 Å². The van der Waals surface area contributed by atoms with Crippen molar-refractivity contribution < 1.29 is 9.53 Å². The second kappa shape index (κ2) is 9.53. The van der Waals surface area contributed by atoms with Gasteiger partial charge in [-0.25, -0.2) is 5.01 Å². The van der Waals surface area contributed by atoms with Gasteiger partial charge in [-0.2, -0.15) is 5.10 Å². The molecule has 0 aromatic heterocycles. The van der Waals surface area contributed by atoms with Crippen LogP contribution in [0.15, 0.2) is 82.4 Å². The first kappa shape index (κ1) is 22.0. The summed E-state index contributed by atoms with van der Waals surface area (Å²) in [5.74, 6) is -0.253. The Morgan fingerprint density at radius 2 is 1.81 bits per heavy atom. The highest BCUT2D eigenvalue weighted by molar-refractivity contribution is 9.10. The van der Waals surface area contributed by atoms with Crippen molar-refractivity contribution in [2.24, 2.45) is 5.10 Å². The van der Waals surface area contributed by atoms with Gasteiger partial charge in [-0.15, -0.1) is 0 Å². The molecular weight excluding hydrogens is 499 g/mol. The first-order chi connectivity index (χ1) is 15.0. The molecule has 0 bridgehead atoms. The molecule has 1 amide bonds. The van der Waals surface area contributed by atoms with Crippen molar-refractivity contribution in [2.75, 3.05) is 7.11 Å². The van der Waals surface area contributed by atoms with Crippen molar-refractivity contribution in [3.8, 4) is 0 Å². The second-order valence-electron chi connectivity index (χ2n) is 7.15. The Morgan fingerprint density at radius 3 is 2.45 bits per heavy atom.